The maximum atomic E-state index is 12.2. The zero-order valence-corrected chi connectivity index (χ0v) is 12.5. The highest BCUT2D eigenvalue weighted by Crippen LogP contribution is 2.15. The van der Waals surface area contributed by atoms with Crippen LogP contribution in [0.2, 0.25) is 0 Å². The van der Waals surface area contributed by atoms with Gasteiger partial charge in [-0.2, -0.15) is 5.10 Å². The maximum absolute atomic E-state index is 12.2. The van der Waals surface area contributed by atoms with Gasteiger partial charge in [0.15, 0.2) is 0 Å². The van der Waals surface area contributed by atoms with Crippen molar-refractivity contribution in [1.29, 1.82) is 0 Å². The van der Waals surface area contributed by atoms with E-state index in [1.807, 2.05) is 30.3 Å². The summed E-state index contributed by atoms with van der Waals surface area (Å²) in [5.41, 5.74) is 7.18. The molecule has 0 aliphatic rings. The van der Waals surface area contributed by atoms with E-state index < -0.39 is 19.0 Å². The fraction of sp³-hybridized carbons (Fsp3) is 0.286. The number of carbonyl (C=O) groups excluding carboxylic acids is 1. The number of alkyl halides is 2. The zero-order chi connectivity index (χ0) is 15.2. The molecule has 1 aromatic heterocycles. The van der Waals surface area contributed by atoms with E-state index in [-0.39, 0.29) is 24.7 Å². The highest BCUT2D eigenvalue weighted by molar-refractivity contribution is 5.90. The molecule has 1 heterocycles. The van der Waals surface area contributed by atoms with Crippen molar-refractivity contribution in [1.82, 2.24) is 9.78 Å². The van der Waals surface area contributed by atoms with Gasteiger partial charge < -0.3 is 11.1 Å². The molecule has 0 saturated carbocycles. The highest BCUT2D eigenvalue weighted by Gasteiger charge is 2.13. The molecule has 0 bridgehead atoms. The molecule has 1 aromatic carbocycles. The highest BCUT2D eigenvalue weighted by atomic mass is 35.5. The molecule has 2 aromatic rings. The van der Waals surface area contributed by atoms with Crippen LogP contribution in [0.15, 0.2) is 42.7 Å². The molecule has 5 nitrogen and oxygen atoms in total. The molecule has 1 atom stereocenters. The zero-order valence-electron chi connectivity index (χ0n) is 11.7. The average Bonchev–Trinajstić information content (AvgIpc) is 2.85. The summed E-state index contributed by atoms with van der Waals surface area (Å²) < 4.78 is 25.5. The van der Waals surface area contributed by atoms with Crippen LogP contribution in [0.4, 0.5) is 14.5 Å². The second-order valence-corrected chi connectivity index (χ2v) is 4.61. The first-order valence-corrected chi connectivity index (χ1v) is 6.45. The predicted molar refractivity (Wildman–Crippen MR) is 82.1 cm³/mol. The largest absolute Gasteiger partial charge is 0.324 e. The quantitative estimate of drug-likeness (QED) is 0.855. The van der Waals surface area contributed by atoms with Crippen LogP contribution in [0.5, 0.6) is 0 Å². The number of rotatable bonds is 6. The van der Waals surface area contributed by atoms with E-state index in [1.165, 1.54) is 12.4 Å². The van der Waals surface area contributed by atoms with Gasteiger partial charge in [0.1, 0.15) is 6.54 Å². The number of halogens is 3. The third-order valence-electron chi connectivity index (χ3n) is 2.88. The molecule has 22 heavy (non-hydrogen) atoms. The number of amides is 1. The topological polar surface area (TPSA) is 72.9 Å². The van der Waals surface area contributed by atoms with E-state index in [4.69, 9.17) is 5.73 Å². The van der Waals surface area contributed by atoms with Crippen LogP contribution >= 0.6 is 12.4 Å². The van der Waals surface area contributed by atoms with E-state index in [9.17, 15) is 13.6 Å². The van der Waals surface area contributed by atoms with Crippen LogP contribution in [-0.2, 0) is 11.3 Å². The normalized spacial score (nSPS) is 11.8. The lowest BCUT2D eigenvalue weighted by molar-refractivity contribution is -0.116. The van der Waals surface area contributed by atoms with Crippen molar-refractivity contribution >= 4 is 24.0 Å². The summed E-state index contributed by atoms with van der Waals surface area (Å²) in [5, 5.41) is 6.33. The Morgan fingerprint density at radius 3 is 2.64 bits per heavy atom. The number of hydrogen-bond donors (Lipinski definition) is 2. The minimum atomic E-state index is -2.49. The molecule has 0 aliphatic carbocycles. The van der Waals surface area contributed by atoms with Crippen molar-refractivity contribution in [3.63, 3.8) is 0 Å². The summed E-state index contributed by atoms with van der Waals surface area (Å²) in [6.45, 7) is -0.501. The summed E-state index contributed by atoms with van der Waals surface area (Å²) in [7, 11) is 0. The molecule has 1 amide bonds. The second kappa shape index (κ2) is 8.45. The van der Waals surface area contributed by atoms with E-state index in [2.05, 4.69) is 10.4 Å². The lowest BCUT2D eigenvalue weighted by Crippen LogP contribution is -2.20. The minimum Gasteiger partial charge on any atom is -0.324 e. The molecule has 8 heteroatoms. The van der Waals surface area contributed by atoms with Gasteiger partial charge in [-0.15, -0.1) is 12.4 Å². The number of aromatic nitrogens is 2. The van der Waals surface area contributed by atoms with Gasteiger partial charge in [0.2, 0.25) is 5.91 Å². The number of benzene rings is 1. The monoisotopic (exact) mass is 330 g/mol. The van der Waals surface area contributed by atoms with Gasteiger partial charge in [-0.25, -0.2) is 8.78 Å². The van der Waals surface area contributed by atoms with Gasteiger partial charge >= 0.3 is 0 Å². The molecule has 0 fully saturated rings. The molecule has 0 aliphatic heterocycles. The Balaban J connectivity index is 0.00000242. The summed E-state index contributed by atoms with van der Waals surface area (Å²) in [5.74, 6) is -0.289. The third kappa shape index (κ3) is 5.42. The van der Waals surface area contributed by atoms with Crippen LogP contribution in [0.25, 0.3) is 0 Å². The van der Waals surface area contributed by atoms with Crippen molar-refractivity contribution in [3.8, 4) is 0 Å². The Bertz CT molecular complexity index is 592. The van der Waals surface area contributed by atoms with Crippen LogP contribution in [-0.4, -0.2) is 22.1 Å². The van der Waals surface area contributed by atoms with Gasteiger partial charge in [-0.3, -0.25) is 9.48 Å². The van der Waals surface area contributed by atoms with Gasteiger partial charge in [-0.05, 0) is 5.56 Å². The molecular formula is C14H17ClF2N4O. The number of nitrogens with zero attached hydrogens (tertiary/aromatic N) is 2. The first-order valence-electron chi connectivity index (χ1n) is 6.45. The first kappa shape index (κ1) is 18.1. The Labute approximate surface area is 132 Å². The summed E-state index contributed by atoms with van der Waals surface area (Å²) in [6, 6.07) is 8.84. The fourth-order valence-electron chi connectivity index (χ4n) is 1.90. The summed E-state index contributed by atoms with van der Waals surface area (Å²) >= 11 is 0. The van der Waals surface area contributed by atoms with Gasteiger partial charge in [0, 0.05) is 18.7 Å². The van der Waals surface area contributed by atoms with E-state index >= 15 is 0 Å². The smallest absolute Gasteiger partial charge is 0.257 e. The van der Waals surface area contributed by atoms with Crippen molar-refractivity contribution < 1.29 is 13.6 Å². The lowest BCUT2D eigenvalue weighted by atomic mass is 10.0. The Morgan fingerprint density at radius 2 is 2.00 bits per heavy atom. The van der Waals surface area contributed by atoms with Crippen molar-refractivity contribution in [2.24, 2.45) is 5.73 Å². The number of hydrogen-bond acceptors (Lipinski definition) is 3. The number of anilines is 1. The molecule has 3 N–H and O–H groups in total. The number of nitrogens with one attached hydrogen (secondary N) is 1. The van der Waals surface area contributed by atoms with Crippen LogP contribution in [0.3, 0.4) is 0 Å². The lowest BCUT2D eigenvalue weighted by Gasteiger charge is -2.11. The minimum absolute atomic E-state index is 0. The predicted octanol–water partition coefficient (Wildman–Crippen LogP) is 2.60. The third-order valence-corrected chi connectivity index (χ3v) is 2.88. The number of nitrogens with two attached hydrogens (primary N) is 1. The average molecular weight is 331 g/mol. The summed E-state index contributed by atoms with van der Waals surface area (Å²) in [4.78, 5) is 11.9. The number of carbonyl (C=O) groups is 1. The fourth-order valence-corrected chi connectivity index (χ4v) is 1.90. The molecule has 0 radical (unpaired) electrons. The van der Waals surface area contributed by atoms with Crippen molar-refractivity contribution in [3.05, 3.63) is 48.3 Å². The van der Waals surface area contributed by atoms with Gasteiger partial charge in [0.05, 0.1) is 11.9 Å². The molecule has 1 unspecified atom stereocenters. The molecule has 120 valence electrons. The molecule has 0 spiro atoms. The Morgan fingerprint density at radius 1 is 1.32 bits per heavy atom. The first-order chi connectivity index (χ1) is 10.0. The maximum Gasteiger partial charge on any atom is 0.257 e. The van der Waals surface area contributed by atoms with E-state index in [0.717, 1.165) is 10.2 Å². The molecule has 0 saturated heterocycles. The SMILES string of the molecule is Cl.NC(CC(=O)Nc1cnn(CC(F)F)c1)c1ccccc1. The molecular weight excluding hydrogens is 314 g/mol. The van der Waals surface area contributed by atoms with E-state index in [1.54, 1.807) is 0 Å². The Kier molecular flexibility index (Phi) is 6.94. The molecule has 2 rings (SSSR count). The summed E-state index contributed by atoms with van der Waals surface area (Å²) in [6.07, 6.45) is 0.302. The van der Waals surface area contributed by atoms with Crippen molar-refractivity contribution in [2.75, 3.05) is 5.32 Å². The van der Waals surface area contributed by atoms with Gasteiger partial charge in [0.25, 0.3) is 6.43 Å². The standard InChI is InChI=1S/C14H16F2N4O.ClH/c15-13(16)9-20-8-11(7-18-20)19-14(21)6-12(17)10-4-2-1-3-5-10;/h1-5,7-8,12-13H,6,9,17H2,(H,19,21);1H. The van der Waals surface area contributed by atoms with E-state index in [0.29, 0.717) is 5.69 Å². The van der Waals surface area contributed by atoms with Crippen molar-refractivity contribution in [2.45, 2.75) is 25.4 Å². The van der Waals surface area contributed by atoms with Gasteiger partial charge in [-0.1, -0.05) is 30.3 Å². The Hall–Kier alpha value is -1.99. The second-order valence-electron chi connectivity index (χ2n) is 4.61. The van der Waals surface area contributed by atoms with Crippen LogP contribution in [0.1, 0.15) is 18.0 Å². The van der Waals surface area contributed by atoms with Crippen LogP contribution in [0, 0.1) is 0 Å². The van der Waals surface area contributed by atoms with Crippen LogP contribution < -0.4 is 11.1 Å².